The lowest BCUT2D eigenvalue weighted by Crippen LogP contribution is -2.27. The van der Waals surface area contributed by atoms with Gasteiger partial charge in [0.1, 0.15) is 5.75 Å². The zero-order valence-electron chi connectivity index (χ0n) is 10.4. The summed E-state index contributed by atoms with van der Waals surface area (Å²) in [5.74, 6) is 0.700. The van der Waals surface area contributed by atoms with E-state index in [1.807, 2.05) is 19.1 Å². The minimum atomic E-state index is -0.131. The molecule has 0 unspecified atom stereocenters. The molecule has 18 heavy (non-hydrogen) atoms. The molecule has 0 saturated carbocycles. The van der Waals surface area contributed by atoms with Gasteiger partial charge in [-0.05, 0) is 37.3 Å². The third kappa shape index (κ3) is 3.18. The number of hydrogen-bond acceptors (Lipinski definition) is 3. The quantitative estimate of drug-likeness (QED) is 0.871. The van der Waals surface area contributed by atoms with Gasteiger partial charge in [0.15, 0.2) is 0 Å². The summed E-state index contributed by atoms with van der Waals surface area (Å²) in [6, 6.07) is 3.71. The number of benzene rings is 1. The first-order chi connectivity index (χ1) is 8.11. The molecule has 3 nitrogen and oxygen atoms in total. The summed E-state index contributed by atoms with van der Waals surface area (Å²) in [5, 5.41) is 10.1. The highest BCUT2D eigenvalue weighted by atomic mass is 79.9. The van der Waals surface area contributed by atoms with Crippen LogP contribution in [0, 0.1) is 12.8 Å². The van der Waals surface area contributed by atoms with Gasteiger partial charge in [-0.15, -0.1) is 12.4 Å². The number of ether oxygens (including phenoxy) is 1. The first-order valence-electron chi connectivity index (χ1n) is 5.92. The van der Waals surface area contributed by atoms with E-state index in [1.165, 1.54) is 0 Å². The normalized spacial score (nSPS) is 18.2. The Labute approximate surface area is 122 Å². The second-order valence-electron chi connectivity index (χ2n) is 4.60. The van der Waals surface area contributed by atoms with E-state index < -0.39 is 0 Å². The number of phenols is 1. The fourth-order valence-electron chi connectivity index (χ4n) is 2.32. The molecule has 1 aliphatic rings. The van der Waals surface area contributed by atoms with Gasteiger partial charge in [0.05, 0.1) is 0 Å². The van der Waals surface area contributed by atoms with Crippen molar-refractivity contribution in [1.29, 1.82) is 0 Å². The maximum Gasteiger partial charge on any atom is 0.124 e. The molecule has 1 saturated heterocycles. The van der Waals surface area contributed by atoms with Gasteiger partial charge < -0.3 is 15.6 Å². The van der Waals surface area contributed by atoms with Crippen molar-refractivity contribution in [3.8, 4) is 5.75 Å². The van der Waals surface area contributed by atoms with Crippen LogP contribution in [-0.4, -0.2) is 18.3 Å². The topological polar surface area (TPSA) is 55.5 Å². The van der Waals surface area contributed by atoms with Crippen LogP contribution in [0.2, 0.25) is 0 Å². The van der Waals surface area contributed by atoms with Crippen LogP contribution >= 0.6 is 28.3 Å². The summed E-state index contributed by atoms with van der Waals surface area (Å²) in [6.45, 7) is 3.42. The van der Waals surface area contributed by atoms with Crippen molar-refractivity contribution in [2.45, 2.75) is 25.8 Å². The van der Waals surface area contributed by atoms with Crippen molar-refractivity contribution < 1.29 is 9.84 Å². The van der Waals surface area contributed by atoms with Crippen molar-refractivity contribution in [2.24, 2.45) is 11.7 Å². The molecule has 0 aromatic heterocycles. The molecule has 0 aliphatic carbocycles. The minimum Gasteiger partial charge on any atom is -0.507 e. The fourth-order valence-corrected chi connectivity index (χ4v) is 2.90. The third-order valence-electron chi connectivity index (χ3n) is 3.47. The predicted molar refractivity (Wildman–Crippen MR) is 78.3 cm³/mol. The Morgan fingerprint density at radius 2 is 2.00 bits per heavy atom. The molecule has 0 amide bonds. The zero-order valence-corrected chi connectivity index (χ0v) is 12.8. The van der Waals surface area contributed by atoms with Crippen LogP contribution in [0.4, 0.5) is 0 Å². The maximum absolute atomic E-state index is 10.1. The monoisotopic (exact) mass is 335 g/mol. The van der Waals surface area contributed by atoms with E-state index in [-0.39, 0.29) is 18.4 Å². The summed E-state index contributed by atoms with van der Waals surface area (Å²) in [7, 11) is 0. The van der Waals surface area contributed by atoms with Crippen molar-refractivity contribution >= 4 is 28.3 Å². The SMILES string of the molecule is Cc1ccc(Br)c([C@H](N)C2CCOCC2)c1O.Cl. The van der Waals surface area contributed by atoms with Gasteiger partial charge in [-0.1, -0.05) is 22.0 Å². The van der Waals surface area contributed by atoms with Gasteiger partial charge in [-0.3, -0.25) is 0 Å². The molecule has 1 fully saturated rings. The molecule has 1 heterocycles. The molecule has 5 heteroatoms. The van der Waals surface area contributed by atoms with E-state index in [9.17, 15) is 5.11 Å². The Balaban J connectivity index is 0.00000162. The molecule has 1 aliphatic heterocycles. The van der Waals surface area contributed by atoms with E-state index in [2.05, 4.69) is 15.9 Å². The molecule has 1 aromatic rings. The standard InChI is InChI=1S/C13H18BrNO2.ClH/c1-8-2-3-10(14)11(13(8)16)12(15)9-4-6-17-7-5-9;/h2-3,9,12,16H,4-7,15H2,1H3;1H/t12-;/m1./s1. The summed E-state index contributed by atoms with van der Waals surface area (Å²) < 4.78 is 6.23. The van der Waals surface area contributed by atoms with E-state index in [4.69, 9.17) is 10.5 Å². The van der Waals surface area contributed by atoms with E-state index in [1.54, 1.807) is 0 Å². The number of nitrogens with two attached hydrogens (primary N) is 1. The van der Waals surface area contributed by atoms with Gasteiger partial charge in [-0.25, -0.2) is 0 Å². The highest BCUT2D eigenvalue weighted by molar-refractivity contribution is 9.10. The van der Waals surface area contributed by atoms with Crippen LogP contribution < -0.4 is 5.73 Å². The average Bonchev–Trinajstić information content (AvgIpc) is 2.35. The molecule has 3 N–H and O–H groups in total. The van der Waals surface area contributed by atoms with Crippen LogP contribution in [0.1, 0.15) is 30.0 Å². The first kappa shape index (κ1) is 15.8. The average molecular weight is 337 g/mol. The van der Waals surface area contributed by atoms with Gasteiger partial charge in [0.2, 0.25) is 0 Å². The third-order valence-corrected chi connectivity index (χ3v) is 4.16. The molecule has 102 valence electrons. The van der Waals surface area contributed by atoms with E-state index >= 15 is 0 Å². The van der Waals surface area contributed by atoms with Gasteiger partial charge >= 0.3 is 0 Å². The number of hydrogen-bond donors (Lipinski definition) is 2. The molecular weight excluding hydrogens is 318 g/mol. The molecule has 0 radical (unpaired) electrons. The smallest absolute Gasteiger partial charge is 0.124 e. The molecule has 1 atom stereocenters. The van der Waals surface area contributed by atoms with E-state index in [0.29, 0.717) is 11.7 Å². The lowest BCUT2D eigenvalue weighted by Gasteiger charge is -2.29. The summed E-state index contributed by atoms with van der Waals surface area (Å²) >= 11 is 3.48. The van der Waals surface area contributed by atoms with Gasteiger partial charge in [0, 0.05) is 29.3 Å². The number of phenolic OH excluding ortho intramolecular Hbond substituents is 1. The molecule has 0 bridgehead atoms. The highest BCUT2D eigenvalue weighted by Gasteiger charge is 2.26. The molecule has 0 spiro atoms. The van der Waals surface area contributed by atoms with Crippen molar-refractivity contribution in [3.05, 3.63) is 27.7 Å². The fraction of sp³-hybridized carbons (Fsp3) is 0.538. The summed E-state index contributed by atoms with van der Waals surface area (Å²) in [5.41, 5.74) is 7.99. The Morgan fingerprint density at radius 1 is 1.39 bits per heavy atom. The van der Waals surface area contributed by atoms with Crippen molar-refractivity contribution in [3.63, 3.8) is 0 Å². The molecular formula is C13H19BrClNO2. The Kier molecular flexibility index (Phi) is 5.92. The Hall–Kier alpha value is -0.290. The molecule has 2 rings (SSSR count). The van der Waals surface area contributed by atoms with Crippen LogP contribution in [-0.2, 0) is 4.74 Å². The lowest BCUT2D eigenvalue weighted by molar-refractivity contribution is 0.0580. The van der Waals surface area contributed by atoms with Crippen LogP contribution in [0.15, 0.2) is 16.6 Å². The summed E-state index contributed by atoms with van der Waals surface area (Å²) in [4.78, 5) is 0. The van der Waals surface area contributed by atoms with Crippen LogP contribution in [0.3, 0.4) is 0 Å². The first-order valence-corrected chi connectivity index (χ1v) is 6.72. The summed E-state index contributed by atoms with van der Waals surface area (Å²) in [6.07, 6.45) is 1.92. The Morgan fingerprint density at radius 3 is 2.61 bits per heavy atom. The second-order valence-corrected chi connectivity index (χ2v) is 5.46. The van der Waals surface area contributed by atoms with Gasteiger partial charge in [-0.2, -0.15) is 0 Å². The number of rotatable bonds is 2. The zero-order chi connectivity index (χ0) is 12.4. The van der Waals surface area contributed by atoms with Crippen LogP contribution in [0.25, 0.3) is 0 Å². The molecule has 1 aromatic carbocycles. The predicted octanol–water partition coefficient (Wildman–Crippen LogP) is 3.31. The van der Waals surface area contributed by atoms with Crippen molar-refractivity contribution in [2.75, 3.05) is 13.2 Å². The number of halogens is 2. The Bertz CT molecular complexity index is 408. The van der Waals surface area contributed by atoms with E-state index in [0.717, 1.165) is 41.7 Å². The minimum absolute atomic E-state index is 0. The second kappa shape index (κ2) is 6.75. The lowest BCUT2D eigenvalue weighted by atomic mass is 9.87. The maximum atomic E-state index is 10.1. The highest BCUT2D eigenvalue weighted by Crippen LogP contribution is 2.38. The largest absolute Gasteiger partial charge is 0.507 e. The number of aromatic hydroxyl groups is 1. The van der Waals surface area contributed by atoms with Crippen LogP contribution in [0.5, 0.6) is 5.75 Å². The number of aryl methyl sites for hydroxylation is 1. The van der Waals surface area contributed by atoms with Gasteiger partial charge in [0.25, 0.3) is 0 Å². The van der Waals surface area contributed by atoms with Crippen molar-refractivity contribution in [1.82, 2.24) is 0 Å².